The van der Waals surface area contributed by atoms with Gasteiger partial charge in [0.05, 0.1) is 16.8 Å². The van der Waals surface area contributed by atoms with Gasteiger partial charge in [-0.2, -0.15) is 0 Å². The fourth-order valence-electron chi connectivity index (χ4n) is 1.78. The molecule has 4 nitrogen and oxygen atoms in total. The van der Waals surface area contributed by atoms with E-state index in [1.165, 1.54) is 18.2 Å². The molecule has 0 aliphatic heterocycles. The smallest absolute Gasteiger partial charge is 0.319 e. The second kappa shape index (κ2) is 7.58. The van der Waals surface area contributed by atoms with Gasteiger partial charge < -0.3 is 15.7 Å². The van der Waals surface area contributed by atoms with E-state index >= 15 is 0 Å². The number of hydrogen-bond donors (Lipinski definition) is 3. The highest BCUT2D eigenvalue weighted by Crippen LogP contribution is 2.25. The zero-order chi connectivity index (χ0) is 16.1. The maximum absolute atomic E-state index is 13.1. The maximum Gasteiger partial charge on any atom is 0.319 e. The third-order valence-corrected chi connectivity index (χ3v) is 3.67. The topological polar surface area (TPSA) is 61.4 Å². The average molecular weight is 388 g/mol. The molecule has 116 valence electrons. The van der Waals surface area contributed by atoms with Crippen molar-refractivity contribution in [2.75, 3.05) is 11.9 Å². The number of halogens is 3. The van der Waals surface area contributed by atoms with Crippen LogP contribution in [0.5, 0.6) is 0 Å². The first kappa shape index (κ1) is 16.7. The fourth-order valence-corrected chi connectivity index (χ4v) is 2.50. The number of carbonyl (C=O) groups excluding carboxylic acids is 1. The van der Waals surface area contributed by atoms with E-state index in [0.29, 0.717) is 16.3 Å². The molecule has 0 saturated carbocycles. The molecule has 0 saturated heterocycles. The van der Waals surface area contributed by atoms with Crippen molar-refractivity contribution in [3.63, 3.8) is 0 Å². The Kier molecular flexibility index (Phi) is 5.76. The van der Waals surface area contributed by atoms with Gasteiger partial charge in [-0.3, -0.25) is 0 Å². The summed E-state index contributed by atoms with van der Waals surface area (Å²) in [6.07, 6.45) is -0.998. The van der Waals surface area contributed by atoms with Crippen LogP contribution in [0.15, 0.2) is 46.9 Å². The summed E-state index contributed by atoms with van der Waals surface area (Å²) in [5.41, 5.74) is 0.838. The van der Waals surface area contributed by atoms with Crippen LogP contribution in [0.1, 0.15) is 11.7 Å². The number of nitrogens with one attached hydrogen (secondary N) is 2. The summed E-state index contributed by atoms with van der Waals surface area (Å²) < 4.78 is 13.9. The summed E-state index contributed by atoms with van der Waals surface area (Å²) in [6.45, 7) is -0.0521. The molecule has 0 aromatic heterocycles. The Balaban J connectivity index is 1.90. The summed E-state index contributed by atoms with van der Waals surface area (Å²) in [6, 6.07) is 10.1. The number of rotatable bonds is 4. The van der Waals surface area contributed by atoms with Gasteiger partial charge in [0.2, 0.25) is 0 Å². The van der Waals surface area contributed by atoms with Crippen molar-refractivity contribution < 1.29 is 14.3 Å². The van der Waals surface area contributed by atoms with Crippen molar-refractivity contribution in [1.29, 1.82) is 0 Å². The molecule has 0 radical (unpaired) electrons. The number of aliphatic hydroxyl groups excluding tert-OH is 1. The monoisotopic (exact) mass is 386 g/mol. The van der Waals surface area contributed by atoms with Crippen molar-refractivity contribution in [3.05, 3.63) is 63.3 Å². The van der Waals surface area contributed by atoms with Crippen LogP contribution < -0.4 is 10.6 Å². The first-order valence-electron chi connectivity index (χ1n) is 6.39. The van der Waals surface area contributed by atoms with Crippen molar-refractivity contribution in [2.45, 2.75) is 6.10 Å². The quantitative estimate of drug-likeness (QED) is 0.740. The van der Waals surface area contributed by atoms with Crippen LogP contribution in [0.25, 0.3) is 0 Å². The van der Waals surface area contributed by atoms with Crippen LogP contribution in [-0.4, -0.2) is 17.7 Å². The zero-order valence-corrected chi connectivity index (χ0v) is 13.7. The number of anilines is 1. The summed E-state index contributed by atoms with van der Waals surface area (Å²) >= 11 is 9.25. The van der Waals surface area contributed by atoms with E-state index in [1.807, 2.05) is 0 Å². The Morgan fingerprint density at radius 3 is 2.77 bits per heavy atom. The summed E-state index contributed by atoms with van der Waals surface area (Å²) in [5, 5.41) is 15.4. The fraction of sp³-hybridized carbons (Fsp3) is 0.133. The van der Waals surface area contributed by atoms with E-state index in [1.54, 1.807) is 24.3 Å². The normalized spacial score (nSPS) is 11.8. The molecule has 7 heteroatoms. The molecule has 0 aliphatic rings. The van der Waals surface area contributed by atoms with Gasteiger partial charge in [-0.05, 0) is 35.9 Å². The summed E-state index contributed by atoms with van der Waals surface area (Å²) in [5.74, 6) is -0.442. The van der Waals surface area contributed by atoms with E-state index in [-0.39, 0.29) is 6.54 Å². The molecule has 22 heavy (non-hydrogen) atoms. The second-order valence-corrected chi connectivity index (χ2v) is 5.85. The van der Waals surface area contributed by atoms with Crippen LogP contribution >= 0.6 is 27.5 Å². The van der Waals surface area contributed by atoms with E-state index in [0.717, 1.165) is 4.47 Å². The molecule has 0 fully saturated rings. The first-order valence-corrected chi connectivity index (χ1v) is 7.56. The Morgan fingerprint density at radius 1 is 1.32 bits per heavy atom. The molecule has 1 atom stereocenters. The van der Waals surface area contributed by atoms with Gasteiger partial charge >= 0.3 is 6.03 Å². The largest absolute Gasteiger partial charge is 0.387 e. The number of amides is 2. The number of aliphatic hydroxyl groups is 1. The van der Waals surface area contributed by atoms with Gasteiger partial charge in [0, 0.05) is 11.0 Å². The molecule has 0 aliphatic carbocycles. The van der Waals surface area contributed by atoms with Gasteiger partial charge in [0.15, 0.2) is 0 Å². The molecular formula is C15H13BrClFN2O2. The molecule has 2 rings (SSSR count). The highest BCUT2D eigenvalue weighted by atomic mass is 79.9. The third-order valence-electron chi connectivity index (χ3n) is 2.87. The molecule has 0 spiro atoms. The lowest BCUT2D eigenvalue weighted by molar-refractivity contribution is 0.174. The Morgan fingerprint density at radius 2 is 2.09 bits per heavy atom. The van der Waals surface area contributed by atoms with Gasteiger partial charge in [-0.25, -0.2) is 9.18 Å². The Labute approximate surface area is 140 Å². The number of benzene rings is 2. The summed E-state index contributed by atoms with van der Waals surface area (Å²) in [4.78, 5) is 11.8. The predicted octanol–water partition coefficient (Wildman–Crippen LogP) is 4.10. The number of hydrogen-bond acceptors (Lipinski definition) is 2. The summed E-state index contributed by atoms with van der Waals surface area (Å²) in [7, 11) is 0. The number of urea groups is 1. The molecule has 2 aromatic carbocycles. The van der Waals surface area contributed by atoms with Gasteiger partial charge in [-0.1, -0.05) is 39.7 Å². The van der Waals surface area contributed by atoms with Gasteiger partial charge in [0.25, 0.3) is 0 Å². The lowest BCUT2D eigenvalue weighted by Gasteiger charge is -2.13. The van der Waals surface area contributed by atoms with Crippen LogP contribution in [0.3, 0.4) is 0 Å². The molecule has 0 bridgehead atoms. The predicted molar refractivity (Wildman–Crippen MR) is 87.5 cm³/mol. The molecule has 1 unspecified atom stereocenters. The lowest BCUT2D eigenvalue weighted by Crippen LogP contribution is -2.32. The van der Waals surface area contributed by atoms with Crippen molar-refractivity contribution in [2.24, 2.45) is 0 Å². The van der Waals surface area contributed by atoms with Crippen molar-refractivity contribution in [1.82, 2.24) is 5.32 Å². The Bertz CT molecular complexity index is 684. The van der Waals surface area contributed by atoms with Crippen LogP contribution in [0, 0.1) is 5.82 Å². The minimum Gasteiger partial charge on any atom is -0.387 e. The maximum atomic E-state index is 13.1. The van der Waals surface area contributed by atoms with Gasteiger partial charge in [-0.15, -0.1) is 0 Å². The lowest BCUT2D eigenvalue weighted by atomic mass is 10.1. The molecule has 2 amide bonds. The van der Waals surface area contributed by atoms with Crippen LogP contribution in [0.4, 0.5) is 14.9 Å². The van der Waals surface area contributed by atoms with Crippen LogP contribution in [-0.2, 0) is 0 Å². The molecule has 3 N–H and O–H groups in total. The van der Waals surface area contributed by atoms with E-state index in [4.69, 9.17) is 11.6 Å². The highest BCUT2D eigenvalue weighted by molar-refractivity contribution is 9.10. The number of carbonyl (C=O) groups is 1. The Hall–Kier alpha value is -1.63. The minimum absolute atomic E-state index is 0.0521. The third kappa shape index (κ3) is 4.69. The molecular weight excluding hydrogens is 375 g/mol. The minimum atomic E-state index is -0.998. The highest BCUT2D eigenvalue weighted by Gasteiger charge is 2.11. The molecule has 0 heterocycles. The zero-order valence-electron chi connectivity index (χ0n) is 11.3. The van der Waals surface area contributed by atoms with E-state index in [9.17, 15) is 14.3 Å². The van der Waals surface area contributed by atoms with Crippen LogP contribution in [0.2, 0.25) is 5.02 Å². The first-order chi connectivity index (χ1) is 10.5. The SMILES string of the molecule is O=C(NCC(O)c1cccc(F)c1)Nc1ccc(Br)cc1Cl. The van der Waals surface area contributed by atoms with E-state index in [2.05, 4.69) is 26.6 Å². The van der Waals surface area contributed by atoms with Crippen molar-refractivity contribution >= 4 is 39.2 Å². The van der Waals surface area contributed by atoms with E-state index < -0.39 is 18.0 Å². The average Bonchev–Trinajstić information content (AvgIpc) is 2.47. The van der Waals surface area contributed by atoms with Crippen molar-refractivity contribution in [3.8, 4) is 0 Å². The van der Waals surface area contributed by atoms with Gasteiger partial charge in [0.1, 0.15) is 5.82 Å². The standard InChI is InChI=1S/C15H13BrClFN2O2/c16-10-4-5-13(12(17)7-10)20-15(22)19-8-14(21)9-2-1-3-11(18)6-9/h1-7,14,21H,8H2,(H2,19,20,22). The second-order valence-electron chi connectivity index (χ2n) is 4.53. The molecule has 2 aromatic rings.